The lowest BCUT2D eigenvalue weighted by molar-refractivity contribution is -0.143. The molecule has 1 aromatic carbocycles. The van der Waals surface area contributed by atoms with Crippen LogP contribution in [0.25, 0.3) is 0 Å². The summed E-state index contributed by atoms with van der Waals surface area (Å²) in [6.07, 6.45) is -0.408. The number of anilines is 1. The molecule has 1 aromatic rings. The third kappa shape index (κ3) is 6.95. The second kappa shape index (κ2) is 14.0. The van der Waals surface area contributed by atoms with E-state index >= 15 is 0 Å². The summed E-state index contributed by atoms with van der Waals surface area (Å²) >= 11 is 0. The van der Waals surface area contributed by atoms with Gasteiger partial charge in [-0.2, -0.15) is 0 Å². The number of dihydropyridines is 1. The summed E-state index contributed by atoms with van der Waals surface area (Å²) < 4.78 is 31.4. The quantitative estimate of drug-likeness (QED) is 0.250. The summed E-state index contributed by atoms with van der Waals surface area (Å²) in [6, 6.07) is 6.86. The van der Waals surface area contributed by atoms with Crippen molar-refractivity contribution in [2.45, 2.75) is 39.7 Å². The molecule has 12 nitrogen and oxygen atoms in total. The van der Waals surface area contributed by atoms with E-state index in [1.807, 2.05) is 0 Å². The molecule has 0 bridgehead atoms. The van der Waals surface area contributed by atoms with Gasteiger partial charge in [-0.05, 0) is 45.4 Å². The van der Waals surface area contributed by atoms with Gasteiger partial charge in [0, 0.05) is 24.2 Å². The first kappa shape index (κ1) is 31.4. The highest BCUT2D eigenvalue weighted by molar-refractivity contribution is 6.03. The number of allylic oxidation sites excluding steroid dienone is 2. The molecule has 0 amide bonds. The first-order valence-corrected chi connectivity index (χ1v) is 13.0. The zero-order chi connectivity index (χ0) is 30.3. The number of rotatable bonds is 10. The van der Waals surface area contributed by atoms with Gasteiger partial charge in [0.25, 0.3) is 0 Å². The Morgan fingerprint density at radius 2 is 1.61 bits per heavy atom. The highest BCUT2D eigenvalue weighted by Crippen LogP contribution is 2.41. The van der Waals surface area contributed by atoms with Crippen LogP contribution in [0, 0.1) is 0 Å². The Morgan fingerprint density at radius 1 is 0.951 bits per heavy atom. The monoisotopic (exact) mass is 572 g/mol. The normalized spacial score (nSPS) is 17.4. The van der Waals surface area contributed by atoms with Gasteiger partial charge < -0.3 is 38.6 Å². The molecule has 0 radical (unpaired) electrons. The zero-order valence-electron chi connectivity index (χ0n) is 24.3. The van der Waals surface area contributed by atoms with E-state index in [1.165, 1.54) is 26.2 Å². The van der Waals surface area contributed by atoms with Gasteiger partial charge in [-0.3, -0.25) is 0 Å². The molecule has 0 fully saturated rings. The van der Waals surface area contributed by atoms with Crippen LogP contribution in [0.2, 0.25) is 0 Å². The van der Waals surface area contributed by atoms with Gasteiger partial charge in [-0.1, -0.05) is 12.1 Å². The van der Waals surface area contributed by atoms with E-state index in [1.54, 1.807) is 52.0 Å². The fourth-order valence-electron chi connectivity index (χ4n) is 4.66. The van der Waals surface area contributed by atoms with Crippen LogP contribution in [-0.2, 0) is 47.6 Å². The summed E-state index contributed by atoms with van der Waals surface area (Å²) in [6.45, 7) is 6.91. The molecule has 12 heteroatoms. The molecule has 0 spiro atoms. The van der Waals surface area contributed by atoms with Crippen LogP contribution in [0.5, 0.6) is 0 Å². The molecule has 41 heavy (non-hydrogen) atoms. The maximum atomic E-state index is 13.4. The summed E-state index contributed by atoms with van der Waals surface area (Å²) in [5, 5.41) is 3.11. The van der Waals surface area contributed by atoms with Crippen molar-refractivity contribution in [2.75, 3.05) is 52.8 Å². The van der Waals surface area contributed by atoms with Crippen molar-refractivity contribution in [3.63, 3.8) is 0 Å². The third-order valence-corrected chi connectivity index (χ3v) is 6.41. The Bertz CT molecular complexity index is 1290. The lowest BCUT2D eigenvalue weighted by Gasteiger charge is -2.33. The minimum Gasteiger partial charge on any atom is -0.466 e. The van der Waals surface area contributed by atoms with Gasteiger partial charge in [0.2, 0.25) is 0 Å². The highest BCUT2D eigenvalue weighted by atomic mass is 16.6. The Morgan fingerprint density at radius 3 is 2.22 bits per heavy atom. The average molecular weight is 573 g/mol. The topological polar surface area (TPSA) is 139 Å². The molecule has 3 rings (SSSR count). The molecular weight excluding hydrogens is 536 g/mol. The number of carbonyl (C=O) groups is 4. The highest BCUT2D eigenvalue weighted by Gasteiger charge is 2.39. The number of hydrogen-bond donors (Lipinski definition) is 1. The molecule has 2 aliphatic heterocycles. The molecule has 1 atom stereocenters. The van der Waals surface area contributed by atoms with E-state index in [0.717, 1.165) is 0 Å². The minimum absolute atomic E-state index is 0.00652. The molecule has 0 saturated carbocycles. The van der Waals surface area contributed by atoms with Crippen molar-refractivity contribution in [3.8, 4) is 0 Å². The van der Waals surface area contributed by atoms with Crippen molar-refractivity contribution in [3.05, 3.63) is 63.6 Å². The maximum absolute atomic E-state index is 13.4. The maximum Gasteiger partial charge on any atom is 0.355 e. The second-order valence-corrected chi connectivity index (χ2v) is 9.53. The molecule has 0 aliphatic carbocycles. The van der Waals surface area contributed by atoms with Crippen LogP contribution in [0.4, 0.5) is 5.69 Å². The number of ether oxygens (including phenoxy) is 6. The van der Waals surface area contributed by atoms with Crippen molar-refractivity contribution in [2.24, 2.45) is 0 Å². The lowest BCUT2D eigenvalue weighted by atomic mass is 9.80. The number of hydrogen-bond acceptors (Lipinski definition) is 12. The average Bonchev–Trinajstić information content (AvgIpc) is 2.95. The van der Waals surface area contributed by atoms with Crippen LogP contribution < -0.4 is 10.2 Å². The van der Waals surface area contributed by atoms with Crippen LogP contribution in [0.1, 0.15) is 39.2 Å². The summed E-state index contributed by atoms with van der Waals surface area (Å²) in [5.74, 6) is -3.60. The largest absolute Gasteiger partial charge is 0.466 e. The first-order valence-electron chi connectivity index (χ1n) is 13.0. The van der Waals surface area contributed by atoms with Crippen LogP contribution in [0.3, 0.4) is 0 Å². The molecule has 2 aliphatic rings. The van der Waals surface area contributed by atoms with Gasteiger partial charge in [0.05, 0.1) is 56.2 Å². The molecular formula is C29H36N2O10. The number of carbonyl (C=O) groups excluding carboxylic acids is 4. The summed E-state index contributed by atoms with van der Waals surface area (Å²) in [4.78, 5) is 53.5. The number of methoxy groups -OCH3 is 3. The fraction of sp³-hybridized carbons (Fsp3) is 0.448. The van der Waals surface area contributed by atoms with Crippen molar-refractivity contribution in [1.82, 2.24) is 5.32 Å². The van der Waals surface area contributed by atoms with E-state index in [2.05, 4.69) is 5.32 Å². The molecule has 0 aromatic heterocycles. The van der Waals surface area contributed by atoms with Crippen molar-refractivity contribution < 1.29 is 47.6 Å². The van der Waals surface area contributed by atoms with E-state index in [0.29, 0.717) is 22.6 Å². The zero-order valence-corrected chi connectivity index (χ0v) is 24.3. The van der Waals surface area contributed by atoms with Gasteiger partial charge in [-0.15, -0.1) is 0 Å². The minimum atomic E-state index is -0.881. The number of nitrogens with zero attached hydrogens (tertiary/aromatic N) is 1. The molecule has 1 unspecified atom stereocenters. The fourth-order valence-corrected chi connectivity index (χ4v) is 4.66. The molecule has 2 heterocycles. The summed E-state index contributed by atoms with van der Waals surface area (Å²) in [5.41, 5.74) is 2.40. The Labute approximate surface area is 238 Å². The van der Waals surface area contributed by atoms with Crippen LogP contribution in [0.15, 0.2) is 58.1 Å². The van der Waals surface area contributed by atoms with Crippen LogP contribution in [-0.4, -0.2) is 77.9 Å². The van der Waals surface area contributed by atoms with Crippen molar-refractivity contribution >= 4 is 29.6 Å². The first-order chi connectivity index (χ1) is 19.5. The summed E-state index contributed by atoms with van der Waals surface area (Å²) in [7, 11) is 3.90. The molecule has 222 valence electrons. The Balaban J connectivity index is 2.19. The van der Waals surface area contributed by atoms with Gasteiger partial charge >= 0.3 is 23.9 Å². The Kier molecular flexibility index (Phi) is 10.7. The van der Waals surface area contributed by atoms with E-state index in [9.17, 15) is 19.2 Å². The van der Waals surface area contributed by atoms with Gasteiger partial charge in [0.15, 0.2) is 0 Å². The molecule has 0 saturated heterocycles. The van der Waals surface area contributed by atoms with Crippen LogP contribution >= 0.6 is 0 Å². The second-order valence-electron chi connectivity index (χ2n) is 9.53. The molecule has 1 N–H and O–H groups in total. The number of nitrogens with one attached hydrogen (secondary N) is 1. The standard InChI is InChI=1S/C29H36N2O10/c1-16(2)41-28(34)23-18(4)30-17(3)22(27(33)40-12-11-36-5)24(23)19-9-8-10-20(13-19)31-15-39-14-21(26(32)37-6)25(31)29(35)38-7/h8-10,13,16,24,30H,11-12,14-15H2,1-7H3. The van der Waals surface area contributed by atoms with E-state index in [-0.39, 0.29) is 49.0 Å². The van der Waals surface area contributed by atoms with Gasteiger partial charge in [0.1, 0.15) is 19.0 Å². The Hall–Kier alpha value is -4.16. The van der Waals surface area contributed by atoms with Crippen molar-refractivity contribution in [1.29, 1.82) is 0 Å². The number of benzene rings is 1. The smallest absolute Gasteiger partial charge is 0.355 e. The SMILES string of the molecule is COCCOC(=O)C1=C(C)NC(C)=C(C(=O)OC(C)C)C1c1cccc(N2COCC(C(=O)OC)=C2C(=O)OC)c1. The third-order valence-electron chi connectivity index (χ3n) is 6.41. The predicted octanol–water partition coefficient (Wildman–Crippen LogP) is 2.46. The lowest BCUT2D eigenvalue weighted by Crippen LogP contribution is -2.39. The van der Waals surface area contributed by atoms with Gasteiger partial charge in [-0.25, -0.2) is 19.2 Å². The van der Waals surface area contributed by atoms with E-state index in [4.69, 9.17) is 28.4 Å². The van der Waals surface area contributed by atoms with E-state index < -0.39 is 35.9 Å². The number of esters is 4. The predicted molar refractivity (Wildman–Crippen MR) is 146 cm³/mol.